The zero-order valence-electron chi connectivity index (χ0n) is 15.0. The first-order chi connectivity index (χ1) is 13.7. The fraction of sp³-hybridized carbons (Fsp3) is 0.333. The molecule has 1 fully saturated rings. The van der Waals surface area contributed by atoms with Crippen molar-refractivity contribution in [3.63, 3.8) is 0 Å². The molecule has 7 nitrogen and oxygen atoms in total. The quantitative estimate of drug-likeness (QED) is 0.627. The van der Waals surface area contributed by atoms with Crippen LogP contribution >= 0.6 is 0 Å². The third-order valence-electron chi connectivity index (χ3n) is 4.81. The molecule has 0 unspecified atom stereocenters. The van der Waals surface area contributed by atoms with Crippen LogP contribution in [0.2, 0.25) is 0 Å². The summed E-state index contributed by atoms with van der Waals surface area (Å²) in [7, 11) is -4.03. The van der Waals surface area contributed by atoms with Crippen molar-refractivity contribution in [2.45, 2.75) is 29.8 Å². The van der Waals surface area contributed by atoms with E-state index in [0.717, 1.165) is 12.1 Å². The molecule has 0 N–H and O–H groups in total. The highest BCUT2D eigenvalue weighted by molar-refractivity contribution is 7.89. The summed E-state index contributed by atoms with van der Waals surface area (Å²) in [6, 6.07) is 5.46. The molecule has 154 valence electrons. The van der Waals surface area contributed by atoms with Crippen molar-refractivity contribution in [2.24, 2.45) is 0 Å². The van der Waals surface area contributed by atoms with Gasteiger partial charge in [-0.25, -0.2) is 8.42 Å². The predicted molar refractivity (Wildman–Crippen MR) is 94.2 cm³/mol. The van der Waals surface area contributed by atoms with Crippen LogP contribution in [0.15, 0.2) is 56.6 Å². The van der Waals surface area contributed by atoms with Gasteiger partial charge in [0, 0.05) is 19.0 Å². The molecular weight excluding hydrogens is 411 g/mol. The van der Waals surface area contributed by atoms with Crippen LogP contribution in [0, 0.1) is 0 Å². The maximum absolute atomic E-state index is 12.9. The number of piperidine rings is 1. The minimum Gasteiger partial charge on any atom is -0.472 e. The van der Waals surface area contributed by atoms with Crippen LogP contribution < -0.4 is 0 Å². The zero-order chi connectivity index (χ0) is 20.6. The van der Waals surface area contributed by atoms with Gasteiger partial charge in [0.2, 0.25) is 15.9 Å². The molecular formula is C18H16F3N3O4S. The van der Waals surface area contributed by atoms with Crippen LogP contribution in [0.5, 0.6) is 0 Å². The number of benzene rings is 1. The third kappa shape index (κ3) is 3.92. The maximum Gasteiger partial charge on any atom is 0.416 e. The average molecular weight is 427 g/mol. The number of hydrogen-bond acceptors (Lipinski definition) is 6. The van der Waals surface area contributed by atoms with Gasteiger partial charge < -0.3 is 8.83 Å². The van der Waals surface area contributed by atoms with Crippen LogP contribution in [0.4, 0.5) is 13.2 Å². The second-order valence-corrected chi connectivity index (χ2v) is 8.60. The predicted octanol–water partition coefficient (Wildman–Crippen LogP) is 3.92. The van der Waals surface area contributed by atoms with Gasteiger partial charge in [-0.05, 0) is 37.1 Å². The summed E-state index contributed by atoms with van der Waals surface area (Å²) in [5, 5.41) is 8.00. The zero-order valence-corrected chi connectivity index (χ0v) is 15.8. The summed E-state index contributed by atoms with van der Waals surface area (Å²) < 4.78 is 76.1. The number of furan rings is 1. The first kappa shape index (κ1) is 19.6. The molecule has 1 aliphatic rings. The molecule has 0 aliphatic carbocycles. The monoisotopic (exact) mass is 427 g/mol. The van der Waals surface area contributed by atoms with Gasteiger partial charge in [-0.2, -0.15) is 17.5 Å². The Bertz CT molecular complexity index is 1090. The highest BCUT2D eigenvalue weighted by Gasteiger charge is 2.35. The number of halogens is 3. The van der Waals surface area contributed by atoms with Crippen molar-refractivity contribution in [1.82, 2.24) is 14.5 Å². The lowest BCUT2D eigenvalue weighted by Gasteiger charge is -2.29. The number of aromatic nitrogens is 2. The van der Waals surface area contributed by atoms with E-state index in [1.165, 1.54) is 22.9 Å². The SMILES string of the molecule is O=S(=O)(c1cccc(C(F)(F)F)c1)N1CCC(c2nnc(-c3ccoc3)o2)CC1. The van der Waals surface area contributed by atoms with Gasteiger partial charge in [0.25, 0.3) is 5.89 Å². The first-order valence-corrected chi connectivity index (χ1v) is 10.2. The molecule has 3 heterocycles. The Kier molecular flexibility index (Phi) is 4.95. The Morgan fingerprint density at radius 2 is 1.86 bits per heavy atom. The van der Waals surface area contributed by atoms with Crippen LogP contribution in [0.25, 0.3) is 11.5 Å². The summed E-state index contributed by atoms with van der Waals surface area (Å²) in [4.78, 5) is -0.370. The van der Waals surface area contributed by atoms with Gasteiger partial charge >= 0.3 is 6.18 Å². The third-order valence-corrected chi connectivity index (χ3v) is 6.71. The van der Waals surface area contributed by atoms with Gasteiger partial charge in [0.15, 0.2) is 0 Å². The van der Waals surface area contributed by atoms with Crippen molar-refractivity contribution in [2.75, 3.05) is 13.1 Å². The number of sulfonamides is 1. The Labute approximate surface area is 164 Å². The van der Waals surface area contributed by atoms with E-state index >= 15 is 0 Å². The Hall–Kier alpha value is -2.66. The van der Waals surface area contributed by atoms with E-state index in [1.54, 1.807) is 6.07 Å². The van der Waals surface area contributed by atoms with Gasteiger partial charge in [0.1, 0.15) is 6.26 Å². The molecule has 29 heavy (non-hydrogen) atoms. The summed E-state index contributed by atoms with van der Waals surface area (Å²) in [5.41, 5.74) is -0.348. The molecule has 3 aromatic rings. The van der Waals surface area contributed by atoms with E-state index < -0.39 is 21.8 Å². The van der Waals surface area contributed by atoms with Gasteiger partial charge in [-0.1, -0.05) is 6.07 Å². The van der Waals surface area contributed by atoms with Crippen molar-refractivity contribution in [3.05, 3.63) is 54.3 Å². The fourth-order valence-corrected chi connectivity index (χ4v) is 4.74. The summed E-state index contributed by atoms with van der Waals surface area (Å²) in [5.74, 6) is 0.584. The number of nitrogens with zero attached hydrogens (tertiary/aromatic N) is 3. The summed E-state index contributed by atoms with van der Waals surface area (Å²) >= 11 is 0. The fourth-order valence-electron chi connectivity index (χ4n) is 3.23. The highest BCUT2D eigenvalue weighted by atomic mass is 32.2. The lowest BCUT2D eigenvalue weighted by atomic mass is 9.98. The molecule has 0 spiro atoms. The normalized spacial score (nSPS) is 16.9. The molecule has 1 aromatic carbocycles. The van der Waals surface area contributed by atoms with Gasteiger partial charge in [-0.15, -0.1) is 10.2 Å². The summed E-state index contributed by atoms with van der Waals surface area (Å²) in [6.07, 6.45) is -0.808. The Balaban J connectivity index is 1.47. The van der Waals surface area contributed by atoms with Crippen molar-refractivity contribution < 1.29 is 30.4 Å². The number of alkyl halides is 3. The molecule has 1 saturated heterocycles. The topological polar surface area (TPSA) is 89.4 Å². The van der Waals surface area contributed by atoms with Crippen molar-refractivity contribution in [1.29, 1.82) is 0 Å². The van der Waals surface area contributed by atoms with Crippen molar-refractivity contribution in [3.8, 4) is 11.5 Å². The molecule has 0 saturated carbocycles. The minimum atomic E-state index is -4.61. The maximum atomic E-state index is 12.9. The second kappa shape index (κ2) is 7.30. The van der Waals surface area contributed by atoms with Crippen LogP contribution in [0.1, 0.15) is 30.2 Å². The summed E-state index contributed by atoms with van der Waals surface area (Å²) in [6.45, 7) is 0.291. The van der Waals surface area contributed by atoms with Crippen LogP contribution in [-0.4, -0.2) is 36.0 Å². The molecule has 0 atom stereocenters. The smallest absolute Gasteiger partial charge is 0.416 e. The molecule has 0 radical (unpaired) electrons. The van der Waals surface area contributed by atoms with E-state index in [0.29, 0.717) is 36.3 Å². The lowest BCUT2D eigenvalue weighted by Crippen LogP contribution is -2.38. The molecule has 11 heteroatoms. The highest BCUT2D eigenvalue weighted by Crippen LogP contribution is 2.34. The second-order valence-electron chi connectivity index (χ2n) is 6.66. The van der Waals surface area contributed by atoms with E-state index in [9.17, 15) is 21.6 Å². The van der Waals surface area contributed by atoms with E-state index in [1.807, 2.05) is 0 Å². The molecule has 2 aromatic heterocycles. The Morgan fingerprint density at radius 1 is 1.10 bits per heavy atom. The van der Waals surface area contributed by atoms with Crippen molar-refractivity contribution >= 4 is 10.0 Å². The number of hydrogen-bond donors (Lipinski definition) is 0. The average Bonchev–Trinajstić information content (AvgIpc) is 3.39. The lowest BCUT2D eigenvalue weighted by molar-refractivity contribution is -0.137. The van der Waals surface area contributed by atoms with Crippen LogP contribution in [-0.2, 0) is 16.2 Å². The minimum absolute atomic E-state index is 0.129. The standard InChI is InChI=1S/C18H16F3N3O4S/c19-18(20,21)14-2-1-3-15(10-14)29(25,26)24-7-4-12(5-8-24)16-22-23-17(28-16)13-6-9-27-11-13/h1-3,6,9-12H,4-5,7-8H2. The molecule has 0 amide bonds. The molecule has 4 rings (SSSR count). The number of rotatable bonds is 4. The van der Waals surface area contributed by atoms with E-state index in [4.69, 9.17) is 8.83 Å². The van der Waals surface area contributed by atoms with E-state index in [2.05, 4.69) is 10.2 Å². The van der Waals surface area contributed by atoms with Gasteiger partial charge in [0.05, 0.1) is 22.3 Å². The molecule has 0 bridgehead atoms. The molecule has 1 aliphatic heterocycles. The first-order valence-electron chi connectivity index (χ1n) is 8.78. The largest absolute Gasteiger partial charge is 0.472 e. The van der Waals surface area contributed by atoms with Crippen LogP contribution in [0.3, 0.4) is 0 Å². The Morgan fingerprint density at radius 3 is 2.52 bits per heavy atom. The van der Waals surface area contributed by atoms with Gasteiger partial charge in [-0.3, -0.25) is 0 Å². The van der Waals surface area contributed by atoms with E-state index in [-0.39, 0.29) is 23.9 Å².